The molecule has 4 nitrogen and oxygen atoms in total. The molecule has 0 aliphatic carbocycles. The number of carbonyl (C=O) groups excluding carboxylic acids is 1. The normalized spacial score (nSPS) is 16.4. The second-order valence-corrected chi connectivity index (χ2v) is 6.77. The van der Waals surface area contributed by atoms with E-state index in [1.54, 1.807) is 0 Å². The first-order valence-electron chi connectivity index (χ1n) is 9.58. The Morgan fingerprint density at radius 3 is 2.73 bits per heavy atom. The molecule has 1 saturated heterocycles. The van der Waals surface area contributed by atoms with Crippen molar-refractivity contribution in [3.05, 3.63) is 65.7 Å². The predicted octanol–water partition coefficient (Wildman–Crippen LogP) is 3.11. The summed E-state index contributed by atoms with van der Waals surface area (Å²) in [4.78, 5) is 12.0. The van der Waals surface area contributed by atoms with Crippen LogP contribution >= 0.6 is 0 Å². The molecule has 1 aliphatic heterocycles. The first-order valence-corrected chi connectivity index (χ1v) is 9.58. The van der Waals surface area contributed by atoms with Gasteiger partial charge in [-0.25, -0.2) is 0 Å². The van der Waals surface area contributed by atoms with Gasteiger partial charge in [0.2, 0.25) is 5.91 Å². The number of nitrogens with one attached hydrogen (secondary N) is 2. The average molecular weight is 352 g/mol. The highest BCUT2D eigenvalue weighted by atomic mass is 16.5. The van der Waals surface area contributed by atoms with Crippen molar-refractivity contribution in [3.8, 4) is 5.75 Å². The lowest BCUT2D eigenvalue weighted by Gasteiger charge is -2.11. The maximum absolute atomic E-state index is 12.0. The largest absolute Gasteiger partial charge is 0.494 e. The predicted molar refractivity (Wildman–Crippen MR) is 104 cm³/mol. The number of rotatable bonds is 9. The molecule has 2 aromatic carbocycles. The number of benzene rings is 2. The van der Waals surface area contributed by atoms with Crippen LogP contribution in [0.2, 0.25) is 0 Å². The molecule has 3 rings (SSSR count). The van der Waals surface area contributed by atoms with Crippen LogP contribution in [0, 0.1) is 0 Å². The van der Waals surface area contributed by atoms with E-state index in [9.17, 15) is 4.79 Å². The molecule has 1 amide bonds. The number of hydrogen-bond acceptors (Lipinski definition) is 3. The average Bonchev–Trinajstić information content (AvgIpc) is 3.21. The van der Waals surface area contributed by atoms with Gasteiger partial charge in [-0.15, -0.1) is 0 Å². The molecule has 0 spiro atoms. The highest BCUT2D eigenvalue weighted by molar-refractivity contribution is 5.81. The summed E-state index contributed by atoms with van der Waals surface area (Å²) < 4.78 is 5.88. The lowest BCUT2D eigenvalue weighted by Crippen LogP contribution is -2.41. The zero-order valence-corrected chi connectivity index (χ0v) is 15.2. The van der Waals surface area contributed by atoms with Crippen molar-refractivity contribution in [2.75, 3.05) is 19.7 Å². The molecule has 2 N–H and O–H groups in total. The summed E-state index contributed by atoms with van der Waals surface area (Å²) in [6.07, 6.45) is 4.88. The molecule has 1 fully saturated rings. The highest BCUT2D eigenvalue weighted by Gasteiger charge is 2.21. The van der Waals surface area contributed by atoms with Gasteiger partial charge in [0.15, 0.2) is 0 Å². The summed E-state index contributed by atoms with van der Waals surface area (Å²) in [6.45, 7) is 2.32. The molecule has 26 heavy (non-hydrogen) atoms. The topological polar surface area (TPSA) is 50.4 Å². The molecule has 1 heterocycles. The summed E-state index contributed by atoms with van der Waals surface area (Å²) >= 11 is 0. The lowest BCUT2D eigenvalue weighted by atomic mass is 10.1. The van der Waals surface area contributed by atoms with Crippen molar-refractivity contribution >= 4 is 5.91 Å². The Labute approximate surface area is 156 Å². The second kappa shape index (κ2) is 9.97. The Morgan fingerprint density at radius 1 is 1.08 bits per heavy atom. The van der Waals surface area contributed by atoms with Gasteiger partial charge in [-0.1, -0.05) is 42.5 Å². The fourth-order valence-electron chi connectivity index (χ4n) is 3.26. The maximum Gasteiger partial charge on any atom is 0.237 e. The number of amides is 1. The number of hydrogen-bond donors (Lipinski definition) is 2. The quantitative estimate of drug-likeness (QED) is 0.682. The van der Waals surface area contributed by atoms with Crippen LogP contribution < -0.4 is 15.4 Å². The summed E-state index contributed by atoms with van der Waals surface area (Å²) in [6, 6.07) is 18.6. The van der Waals surface area contributed by atoms with Crippen LogP contribution in [0.1, 0.15) is 30.4 Å². The summed E-state index contributed by atoms with van der Waals surface area (Å²) in [7, 11) is 0. The molecule has 1 unspecified atom stereocenters. The maximum atomic E-state index is 12.0. The number of ether oxygens (including phenoxy) is 1. The molecule has 0 bridgehead atoms. The Bertz CT molecular complexity index is 682. The summed E-state index contributed by atoms with van der Waals surface area (Å²) in [5.41, 5.74) is 2.53. The van der Waals surface area contributed by atoms with Crippen molar-refractivity contribution in [2.45, 2.75) is 38.1 Å². The van der Waals surface area contributed by atoms with E-state index in [0.29, 0.717) is 13.2 Å². The number of carbonyl (C=O) groups is 1. The zero-order chi connectivity index (χ0) is 18.0. The SMILES string of the molecule is O=C(NCCc1cccc(OCCCc2ccccc2)c1)C1CCCN1. The van der Waals surface area contributed by atoms with Crippen molar-refractivity contribution < 1.29 is 9.53 Å². The molecule has 138 valence electrons. The number of aryl methyl sites for hydroxylation is 1. The Balaban J connectivity index is 1.36. The van der Waals surface area contributed by atoms with E-state index in [1.165, 1.54) is 11.1 Å². The first kappa shape index (κ1) is 18.5. The molecule has 1 aliphatic rings. The van der Waals surface area contributed by atoms with E-state index >= 15 is 0 Å². The third-order valence-corrected chi connectivity index (χ3v) is 4.71. The van der Waals surface area contributed by atoms with Gasteiger partial charge in [-0.3, -0.25) is 4.79 Å². The zero-order valence-electron chi connectivity index (χ0n) is 15.2. The van der Waals surface area contributed by atoms with Crippen LogP contribution in [0.5, 0.6) is 5.75 Å². The van der Waals surface area contributed by atoms with Crippen LogP contribution in [0.4, 0.5) is 0 Å². The monoisotopic (exact) mass is 352 g/mol. The van der Waals surface area contributed by atoms with Crippen LogP contribution in [0.25, 0.3) is 0 Å². The minimum Gasteiger partial charge on any atom is -0.494 e. The molecule has 4 heteroatoms. The minimum absolute atomic E-state index is 0.00529. The second-order valence-electron chi connectivity index (χ2n) is 6.77. The van der Waals surface area contributed by atoms with Crippen molar-refractivity contribution in [1.29, 1.82) is 0 Å². The van der Waals surface area contributed by atoms with Gasteiger partial charge in [0.05, 0.1) is 12.6 Å². The fraction of sp³-hybridized carbons (Fsp3) is 0.409. The summed E-state index contributed by atoms with van der Waals surface area (Å²) in [5.74, 6) is 1.02. The van der Waals surface area contributed by atoms with Crippen LogP contribution in [-0.2, 0) is 17.6 Å². The van der Waals surface area contributed by atoms with E-state index in [4.69, 9.17) is 4.74 Å². The summed E-state index contributed by atoms with van der Waals surface area (Å²) in [5, 5.41) is 6.24. The van der Waals surface area contributed by atoms with E-state index in [2.05, 4.69) is 47.0 Å². The van der Waals surface area contributed by atoms with Gasteiger partial charge < -0.3 is 15.4 Å². The fourth-order valence-corrected chi connectivity index (χ4v) is 3.26. The van der Waals surface area contributed by atoms with E-state index < -0.39 is 0 Å². The van der Waals surface area contributed by atoms with E-state index in [0.717, 1.165) is 44.4 Å². The van der Waals surface area contributed by atoms with Crippen molar-refractivity contribution in [2.24, 2.45) is 0 Å². The van der Waals surface area contributed by atoms with Gasteiger partial charge in [-0.05, 0) is 61.9 Å². The Morgan fingerprint density at radius 2 is 1.92 bits per heavy atom. The Hall–Kier alpha value is -2.33. The Kier molecular flexibility index (Phi) is 7.08. The lowest BCUT2D eigenvalue weighted by molar-refractivity contribution is -0.122. The molecule has 2 aromatic rings. The molecule has 0 radical (unpaired) electrons. The first-order chi connectivity index (χ1) is 12.8. The molecule has 0 saturated carbocycles. The molecule has 1 atom stereocenters. The molecular weight excluding hydrogens is 324 g/mol. The van der Waals surface area contributed by atoms with Gasteiger partial charge >= 0.3 is 0 Å². The van der Waals surface area contributed by atoms with Crippen molar-refractivity contribution in [3.63, 3.8) is 0 Å². The van der Waals surface area contributed by atoms with E-state index in [-0.39, 0.29) is 11.9 Å². The third-order valence-electron chi connectivity index (χ3n) is 4.71. The van der Waals surface area contributed by atoms with Gasteiger partial charge in [0.25, 0.3) is 0 Å². The van der Waals surface area contributed by atoms with E-state index in [1.807, 2.05) is 18.2 Å². The van der Waals surface area contributed by atoms with Crippen molar-refractivity contribution in [1.82, 2.24) is 10.6 Å². The smallest absolute Gasteiger partial charge is 0.237 e. The minimum atomic E-state index is -0.00529. The van der Waals surface area contributed by atoms with Gasteiger partial charge in [-0.2, -0.15) is 0 Å². The molecular formula is C22H28N2O2. The van der Waals surface area contributed by atoms with Crippen LogP contribution in [0.15, 0.2) is 54.6 Å². The highest BCUT2D eigenvalue weighted by Crippen LogP contribution is 2.14. The van der Waals surface area contributed by atoms with Crippen LogP contribution in [-0.4, -0.2) is 31.6 Å². The van der Waals surface area contributed by atoms with Gasteiger partial charge in [0.1, 0.15) is 5.75 Å². The molecule has 0 aromatic heterocycles. The third kappa shape index (κ3) is 5.88. The van der Waals surface area contributed by atoms with Gasteiger partial charge in [0, 0.05) is 6.54 Å². The standard InChI is InChI=1S/C22H28N2O2/c25-22(21-12-5-14-23-21)24-15-13-19-9-4-11-20(17-19)26-16-6-10-18-7-2-1-3-8-18/h1-4,7-9,11,17,21,23H,5-6,10,12-16H2,(H,24,25). The van der Waals surface area contributed by atoms with Crippen LogP contribution in [0.3, 0.4) is 0 Å².